The van der Waals surface area contributed by atoms with E-state index < -0.39 is 5.82 Å². The zero-order valence-corrected chi connectivity index (χ0v) is 14.0. The number of amides is 1. The highest BCUT2D eigenvalue weighted by atomic mass is 35.5. The van der Waals surface area contributed by atoms with Crippen molar-refractivity contribution in [2.24, 2.45) is 0 Å². The first-order valence-electron chi connectivity index (χ1n) is 8.42. The van der Waals surface area contributed by atoms with Gasteiger partial charge in [0.1, 0.15) is 5.82 Å². The number of benzene rings is 1. The highest BCUT2D eigenvalue weighted by Gasteiger charge is 2.32. The van der Waals surface area contributed by atoms with Crippen molar-refractivity contribution < 1.29 is 9.18 Å². The van der Waals surface area contributed by atoms with Gasteiger partial charge < -0.3 is 5.32 Å². The van der Waals surface area contributed by atoms with Crippen LogP contribution in [-0.2, 0) is 6.54 Å². The van der Waals surface area contributed by atoms with Crippen molar-refractivity contribution >= 4 is 17.5 Å². The molecule has 1 N–H and O–H groups in total. The van der Waals surface area contributed by atoms with Gasteiger partial charge in [-0.25, -0.2) is 4.39 Å². The Labute approximate surface area is 145 Å². The number of hydrogen-bond acceptors (Lipinski definition) is 2. The Hall–Kier alpha value is -1.88. The Morgan fingerprint density at radius 2 is 2.00 bits per heavy atom. The van der Waals surface area contributed by atoms with Gasteiger partial charge in [-0.2, -0.15) is 5.10 Å². The first kappa shape index (κ1) is 15.6. The van der Waals surface area contributed by atoms with Crippen LogP contribution < -0.4 is 5.32 Å². The van der Waals surface area contributed by atoms with Crippen molar-refractivity contribution in [3.05, 3.63) is 52.1 Å². The number of halogens is 2. The maximum Gasteiger partial charge on any atom is 0.252 e. The Morgan fingerprint density at radius 3 is 2.67 bits per heavy atom. The summed E-state index contributed by atoms with van der Waals surface area (Å²) in [6, 6.07) is 6.04. The van der Waals surface area contributed by atoms with Crippen molar-refractivity contribution in [1.82, 2.24) is 15.1 Å². The molecule has 0 atom stereocenters. The SMILES string of the molecule is O=C(NCCn1nc(C2CC2)cc1C1CC1)c1ccc(F)cc1Cl. The van der Waals surface area contributed by atoms with E-state index in [1.54, 1.807) is 0 Å². The number of aromatic nitrogens is 2. The normalized spacial score (nSPS) is 17.1. The summed E-state index contributed by atoms with van der Waals surface area (Å²) in [5.74, 6) is 0.529. The summed E-state index contributed by atoms with van der Waals surface area (Å²) in [6.07, 6.45) is 4.93. The van der Waals surface area contributed by atoms with Crippen molar-refractivity contribution in [3.8, 4) is 0 Å². The Kier molecular flexibility index (Phi) is 4.04. The van der Waals surface area contributed by atoms with E-state index in [2.05, 4.69) is 11.4 Å². The molecule has 0 bridgehead atoms. The number of rotatable bonds is 6. The fourth-order valence-electron chi connectivity index (χ4n) is 2.96. The average molecular weight is 348 g/mol. The molecule has 6 heteroatoms. The minimum absolute atomic E-state index is 0.126. The van der Waals surface area contributed by atoms with E-state index in [9.17, 15) is 9.18 Å². The van der Waals surface area contributed by atoms with Gasteiger partial charge in [-0.15, -0.1) is 0 Å². The molecule has 4 rings (SSSR count). The summed E-state index contributed by atoms with van der Waals surface area (Å²) in [4.78, 5) is 12.2. The molecule has 126 valence electrons. The second-order valence-electron chi connectivity index (χ2n) is 6.65. The highest BCUT2D eigenvalue weighted by Crippen LogP contribution is 2.44. The van der Waals surface area contributed by atoms with E-state index in [-0.39, 0.29) is 10.9 Å². The number of hydrogen-bond donors (Lipinski definition) is 1. The largest absolute Gasteiger partial charge is 0.350 e. The summed E-state index contributed by atoms with van der Waals surface area (Å²) in [6.45, 7) is 1.11. The van der Waals surface area contributed by atoms with Gasteiger partial charge in [0.15, 0.2) is 0 Å². The Morgan fingerprint density at radius 1 is 1.25 bits per heavy atom. The number of nitrogens with zero attached hydrogens (tertiary/aromatic N) is 2. The zero-order chi connectivity index (χ0) is 16.7. The molecule has 1 aromatic heterocycles. The fraction of sp³-hybridized carbons (Fsp3) is 0.444. The molecule has 1 aromatic carbocycles. The molecule has 2 fully saturated rings. The van der Waals surface area contributed by atoms with Crippen LogP contribution in [-0.4, -0.2) is 22.2 Å². The van der Waals surface area contributed by atoms with Gasteiger partial charge in [-0.05, 0) is 49.9 Å². The summed E-state index contributed by atoms with van der Waals surface area (Å²) < 4.78 is 15.1. The summed E-state index contributed by atoms with van der Waals surface area (Å²) >= 11 is 5.92. The lowest BCUT2D eigenvalue weighted by Crippen LogP contribution is -2.28. The van der Waals surface area contributed by atoms with Gasteiger partial charge in [0.2, 0.25) is 0 Å². The molecule has 0 spiro atoms. The van der Waals surface area contributed by atoms with Crippen LogP contribution in [0.1, 0.15) is 59.3 Å². The number of carbonyl (C=O) groups excluding carboxylic acids is 1. The highest BCUT2D eigenvalue weighted by molar-refractivity contribution is 6.33. The molecular weight excluding hydrogens is 329 g/mol. The molecule has 24 heavy (non-hydrogen) atoms. The molecule has 0 saturated heterocycles. The van der Waals surface area contributed by atoms with Gasteiger partial charge in [-0.3, -0.25) is 9.48 Å². The first-order valence-corrected chi connectivity index (χ1v) is 8.80. The van der Waals surface area contributed by atoms with Crippen LogP contribution in [0.15, 0.2) is 24.3 Å². The van der Waals surface area contributed by atoms with Gasteiger partial charge >= 0.3 is 0 Å². The van der Waals surface area contributed by atoms with E-state index >= 15 is 0 Å². The standard InChI is InChI=1S/C18H19ClFN3O/c19-15-9-13(20)5-6-14(15)18(24)21-7-8-23-17(12-3-4-12)10-16(22-23)11-1-2-11/h5-6,9-12H,1-4,7-8H2,(H,21,24). The van der Waals surface area contributed by atoms with Crippen LogP contribution >= 0.6 is 11.6 Å². The topological polar surface area (TPSA) is 46.9 Å². The molecule has 0 radical (unpaired) electrons. The lowest BCUT2D eigenvalue weighted by Gasteiger charge is -2.09. The van der Waals surface area contributed by atoms with E-state index in [1.807, 2.05) is 4.68 Å². The van der Waals surface area contributed by atoms with Crippen molar-refractivity contribution in [2.75, 3.05) is 6.54 Å². The van der Waals surface area contributed by atoms with Crippen molar-refractivity contribution in [1.29, 1.82) is 0 Å². The second kappa shape index (κ2) is 6.20. The van der Waals surface area contributed by atoms with E-state index in [4.69, 9.17) is 16.7 Å². The third-order valence-electron chi connectivity index (χ3n) is 4.61. The average Bonchev–Trinajstić information content (AvgIpc) is 3.46. The van der Waals surface area contributed by atoms with Crippen LogP contribution in [0.2, 0.25) is 5.02 Å². The molecule has 2 aliphatic carbocycles. The number of nitrogens with one attached hydrogen (secondary N) is 1. The van der Waals surface area contributed by atoms with Crippen molar-refractivity contribution in [2.45, 2.75) is 44.1 Å². The second-order valence-corrected chi connectivity index (χ2v) is 7.05. The predicted molar refractivity (Wildman–Crippen MR) is 89.9 cm³/mol. The van der Waals surface area contributed by atoms with Crippen LogP contribution in [0, 0.1) is 5.82 Å². The lowest BCUT2D eigenvalue weighted by atomic mass is 10.2. The Balaban J connectivity index is 1.39. The maximum atomic E-state index is 13.1. The third-order valence-corrected chi connectivity index (χ3v) is 4.92. The number of carbonyl (C=O) groups is 1. The quantitative estimate of drug-likeness (QED) is 0.862. The molecule has 0 unspecified atom stereocenters. The fourth-order valence-corrected chi connectivity index (χ4v) is 3.21. The molecule has 2 aromatic rings. The summed E-state index contributed by atoms with van der Waals surface area (Å²) in [7, 11) is 0. The Bertz CT molecular complexity index is 781. The molecule has 0 aliphatic heterocycles. The van der Waals surface area contributed by atoms with Crippen molar-refractivity contribution in [3.63, 3.8) is 0 Å². The molecule has 4 nitrogen and oxygen atoms in total. The lowest BCUT2D eigenvalue weighted by molar-refractivity contribution is 0.0952. The smallest absolute Gasteiger partial charge is 0.252 e. The zero-order valence-electron chi connectivity index (χ0n) is 13.3. The van der Waals surface area contributed by atoms with E-state index in [0.717, 1.165) is 6.07 Å². The molecule has 1 amide bonds. The van der Waals surface area contributed by atoms with Gasteiger partial charge in [0, 0.05) is 24.1 Å². The molecular formula is C18H19ClFN3O. The summed E-state index contributed by atoms with van der Waals surface area (Å²) in [5.41, 5.74) is 2.79. The molecule has 1 heterocycles. The van der Waals surface area contributed by atoms with E-state index in [1.165, 1.54) is 49.2 Å². The predicted octanol–water partition coefficient (Wildman–Crippen LogP) is 3.86. The third kappa shape index (κ3) is 3.31. The van der Waals surface area contributed by atoms with E-state index in [0.29, 0.717) is 30.5 Å². The maximum absolute atomic E-state index is 13.1. The summed E-state index contributed by atoms with van der Waals surface area (Å²) in [5, 5.41) is 7.69. The molecule has 2 saturated carbocycles. The molecule has 2 aliphatic rings. The first-order chi connectivity index (χ1) is 11.6. The van der Waals surface area contributed by atoms with Crippen LogP contribution in [0.25, 0.3) is 0 Å². The minimum Gasteiger partial charge on any atom is -0.350 e. The van der Waals surface area contributed by atoms with Crippen LogP contribution in [0.5, 0.6) is 0 Å². The van der Waals surface area contributed by atoms with Crippen LogP contribution in [0.4, 0.5) is 4.39 Å². The monoisotopic (exact) mass is 347 g/mol. The van der Waals surface area contributed by atoms with Gasteiger partial charge in [0.05, 0.1) is 22.8 Å². The van der Waals surface area contributed by atoms with Gasteiger partial charge in [-0.1, -0.05) is 11.6 Å². The minimum atomic E-state index is -0.449. The van der Waals surface area contributed by atoms with Gasteiger partial charge in [0.25, 0.3) is 5.91 Å². The van der Waals surface area contributed by atoms with Crippen LogP contribution in [0.3, 0.4) is 0 Å².